The Morgan fingerprint density at radius 3 is 2.61 bits per heavy atom. The Balaban J connectivity index is 2.01. The van der Waals surface area contributed by atoms with Gasteiger partial charge in [-0.15, -0.1) is 0 Å². The van der Waals surface area contributed by atoms with Crippen molar-refractivity contribution in [2.24, 2.45) is 5.92 Å². The van der Waals surface area contributed by atoms with Crippen LogP contribution in [-0.4, -0.2) is 31.5 Å². The molecule has 0 spiro atoms. The van der Waals surface area contributed by atoms with Gasteiger partial charge in [0.15, 0.2) is 0 Å². The van der Waals surface area contributed by atoms with Crippen LogP contribution in [0.15, 0.2) is 30.3 Å². The highest BCUT2D eigenvalue weighted by Crippen LogP contribution is 2.41. The number of benzene rings is 1. The van der Waals surface area contributed by atoms with Crippen molar-refractivity contribution >= 4 is 0 Å². The molecule has 0 amide bonds. The van der Waals surface area contributed by atoms with Gasteiger partial charge in [-0.25, -0.2) is 0 Å². The second kappa shape index (κ2) is 6.88. The van der Waals surface area contributed by atoms with E-state index in [0.29, 0.717) is 12.6 Å². The van der Waals surface area contributed by atoms with Crippen LogP contribution in [0.1, 0.15) is 30.9 Å². The van der Waals surface area contributed by atoms with Crippen LogP contribution in [-0.2, 0) is 4.74 Å². The molecule has 1 aliphatic carbocycles. The molecule has 0 radical (unpaired) electrons. The first-order valence-electron chi connectivity index (χ1n) is 6.76. The molecule has 3 heteroatoms. The average Bonchev–Trinajstić information content (AvgIpc) is 3.22. The number of aliphatic hydroxyl groups excluding tert-OH is 1. The molecule has 0 aliphatic heterocycles. The topological polar surface area (TPSA) is 41.5 Å². The molecule has 0 saturated heterocycles. The molecule has 1 aromatic rings. The van der Waals surface area contributed by atoms with Crippen molar-refractivity contribution in [2.75, 3.05) is 20.3 Å². The fourth-order valence-corrected chi connectivity index (χ4v) is 2.42. The molecule has 1 aliphatic rings. The first-order valence-corrected chi connectivity index (χ1v) is 6.76. The zero-order valence-electron chi connectivity index (χ0n) is 11.0. The van der Waals surface area contributed by atoms with Crippen molar-refractivity contribution < 1.29 is 9.84 Å². The van der Waals surface area contributed by atoms with E-state index in [1.54, 1.807) is 7.11 Å². The number of methoxy groups -OCH3 is 1. The Morgan fingerprint density at radius 1 is 1.33 bits per heavy atom. The van der Waals surface area contributed by atoms with Crippen LogP contribution < -0.4 is 5.32 Å². The molecule has 1 saturated carbocycles. The smallest absolute Gasteiger partial charge is 0.0616 e. The van der Waals surface area contributed by atoms with Gasteiger partial charge in [0, 0.05) is 25.8 Å². The lowest BCUT2D eigenvalue weighted by Gasteiger charge is -2.25. The minimum Gasteiger partial charge on any atom is -0.396 e. The summed E-state index contributed by atoms with van der Waals surface area (Å²) in [5, 5.41) is 12.8. The number of hydrogen-bond acceptors (Lipinski definition) is 3. The number of aliphatic hydroxyl groups is 1. The molecule has 3 nitrogen and oxygen atoms in total. The highest BCUT2D eigenvalue weighted by molar-refractivity contribution is 5.21. The van der Waals surface area contributed by atoms with Gasteiger partial charge >= 0.3 is 0 Å². The number of hydrogen-bond donors (Lipinski definition) is 2. The maximum Gasteiger partial charge on any atom is 0.0616 e. The van der Waals surface area contributed by atoms with E-state index in [9.17, 15) is 0 Å². The Bertz CT molecular complexity index is 332. The number of nitrogens with one attached hydrogen (secondary N) is 1. The van der Waals surface area contributed by atoms with E-state index in [1.807, 2.05) is 6.07 Å². The molecule has 1 fully saturated rings. The van der Waals surface area contributed by atoms with Crippen LogP contribution in [0.2, 0.25) is 0 Å². The van der Waals surface area contributed by atoms with Gasteiger partial charge in [0.1, 0.15) is 0 Å². The maximum atomic E-state index is 9.11. The first kappa shape index (κ1) is 13.5. The minimum absolute atomic E-state index is 0.202. The Labute approximate surface area is 109 Å². The lowest BCUT2D eigenvalue weighted by Crippen LogP contribution is -2.38. The fraction of sp³-hybridized carbons (Fsp3) is 0.600. The Kier molecular flexibility index (Phi) is 5.17. The van der Waals surface area contributed by atoms with Crippen LogP contribution in [0.4, 0.5) is 0 Å². The van der Waals surface area contributed by atoms with Gasteiger partial charge in [0.05, 0.1) is 6.61 Å². The van der Waals surface area contributed by atoms with Crippen molar-refractivity contribution in [3.05, 3.63) is 35.9 Å². The minimum atomic E-state index is 0.202. The standard InChI is InChI=1S/C15H23NO2/c1-18-11-14(9-10-17)16-15(13-7-8-13)12-5-3-2-4-6-12/h2-6,13-17H,7-11H2,1H3. The third-order valence-corrected chi connectivity index (χ3v) is 3.51. The average molecular weight is 249 g/mol. The summed E-state index contributed by atoms with van der Waals surface area (Å²) in [6.07, 6.45) is 3.33. The van der Waals surface area contributed by atoms with Gasteiger partial charge in [0.2, 0.25) is 0 Å². The van der Waals surface area contributed by atoms with E-state index in [-0.39, 0.29) is 12.6 Å². The van der Waals surface area contributed by atoms with Crippen LogP contribution in [0.3, 0.4) is 0 Å². The van der Waals surface area contributed by atoms with E-state index < -0.39 is 0 Å². The summed E-state index contributed by atoms with van der Waals surface area (Å²) in [7, 11) is 1.71. The molecule has 2 N–H and O–H groups in total. The largest absolute Gasteiger partial charge is 0.396 e. The van der Waals surface area contributed by atoms with E-state index >= 15 is 0 Å². The molecule has 2 unspecified atom stereocenters. The molecule has 100 valence electrons. The van der Waals surface area contributed by atoms with Gasteiger partial charge < -0.3 is 15.2 Å². The Hall–Kier alpha value is -0.900. The molecule has 2 rings (SSSR count). The van der Waals surface area contributed by atoms with Gasteiger partial charge in [-0.2, -0.15) is 0 Å². The molecule has 0 bridgehead atoms. The predicted molar refractivity (Wildman–Crippen MR) is 72.4 cm³/mol. The van der Waals surface area contributed by atoms with Gasteiger partial charge in [-0.1, -0.05) is 30.3 Å². The van der Waals surface area contributed by atoms with Gasteiger partial charge in [-0.05, 0) is 30.7 Å². The quantitative estimate of drug-likeness (QED) is 0.741. The lowest BCUT2D eigenvalue weighted by molar-refractivity contribution is 0.140. The summed E-state index contributed by atoms with van der Waals surface area (Å²) < 4.78 is 5.22. The molecule has 2 atom stereocenters. The molecule has 0 heterocycles. The molecule has 1 aromatic carbocycles. The highest BCUT2D eigenvalue weighted by atomic mass is 16.5. The molecular formula is C15H23NO2. The highest BCUT2D eigenvalue weighted by Gasteiger charge is 2.33. The zero-order chi connectivity index (χ0) is 12.8. The number of rotatable bonds is 8. The van der Waals surface area contributed by atoms with Crippen molar-refractivity contribution in [1.82, 2.24) is 5.32 Å². The second-order valence-electron chi connectivity index (χ2n) is 5.06. The first-order chi connectivity index (χ1) is 8.85. The molecule has 0 aromatic heterocycles. The van der Waals surface area contributed by atoms with Crippen molar-refractivity contribution in [3.8, 4) is 0 Å². The summed E-state index contributed by atoms with van der Waals surface area (Å²) in [5.41, 5.74) is 1.35. The summed E-state index contributed by atoms with van der Waals surface area (Å²) in [5.74, 6) is 0.741. The van der Waals surface area contributed by atoms with Crippen molar-refractivity contribution in [2.45, 2.75) is 31.3 Å². The van der Waals surface area contributed by atoms with Crippen LogP contribution in [0.25, 0.3) is 0 Å². The van der Waals surface area contributed by atoms with Crippen LogP contribution in [0, 0.1) is 5.92 Å². The number of ether oxygens (including phenoxy) is 1. The van der Waals surface area contributed by atoms with Crippen LogP contribution in [0.5, 0.6) is 0 Å². The van der Waals surface area contributed by atoms with Crippen molar-refractivity contribution in [1.29, 1.82) is 0 Å². The summed E-state index contributed by atoms with van der Waals surface area (Å²) in [6.45, 7) is 0.851. The maximum absolute atomic E-state index is 9.11. The summed E-state index contributed by atoms with van der Waals surface area (Å²) in [6, 6.07) is 11.2. The van der Waals surface area contributed by atoms with Crippen molar-refractivity contribution in [3.63, 3.8) is 0 Å². The van der Waals surface area contributed by atoms with Gasteiger partial charge in [0.25, 0.3) is 0 Å². The second-order valence-corrected chi connectivity index (χ2v) is 5.06. The predicted octanol–water partition coefficient (Wildman–Crippen LogP) is 2.12. The van der Waals surface area contributed by atoms with E-state index in [1.165, 1.54) is 18.4 Å². The normalized spacial score (nSPS) is 18.6. The summed E-state index contributed by atoms with van der Waals surface area (Å²) >= 11 is 0. The molecular weight excluding hydrogens is 226 g/mol. The third kappa shape index (κ3) is 3.80. The van der Waals surface area contributed by atoms with E-state index in [2.05, 4.69) is 29.6 Å². The molecule has 18 heavy (non-hydrogen) atoms. The SMILES string of the molecule is COCC(CCO)NC(c1ccccc1)C1CC1. The summed E-state index contributed by atoms with van der Waals surface area (Å²) in [4.78, 5) is 0. The van der Waals surface area contributed by atoms with E-state index in [0.717, 1.165) is 12.3 Å². The van der Waals surface area contributed by atoms with E-state index in [4.69, 9.17) is 9.84 Å². The lowest BCUT2D eigenvalue weighted by atomic mass is 10.0. The Morgan fingerprint density at radius 2 is 2.06 bits per heavy atom. The van der Waals surface area contributed by atoms with Crippen LogP contribution >= 0.6 is 0 Å². The zero-order valence-corrected chi connectivity index (χ0v) is 11.0. The van der Waals surface area contributed by atoms with Gasteiger partial charge in [-0.3, -0.25) is 0 Å². The third-order valence-electron chi connectivity index (χ3n) is 3.51. The monoisotopic (exact) mass is 249 g/mol. The fourth-order valence-electron chi connectivity index (χ4n) is 2.42.